The second-order valence-corrected chi connectivity index (χ2v) is 2.85. The van der Waals surface area contributed by atoms with E-state index in [4.69, 9.17) is 5.73 Å². The van der Waals surface area contributed by atoms with E-state index >= 15 is 0 Å². The highest BCUT2D eigenvalue weighted by molar-refractivity contribution is 5.52. The van der Waals surface area contributed by atoms with Gasteiger partial charge in [0.05, 0.1) is 0 Å². The number of rotatable bonds is 3. The monoisotopic (exact) mass is 164 g/mol. The van der Waals surface area contributed by atoms with Crippen LogP contribution < -0.4 is 10.6 Å². The molecule has 0 aromatic heterocycles. The SMILES string of the molecule is CCN(C)c1ccccc1CN. The van der Waals surface area contributed by atoms with Gasteiger partial charge in [0.2, 0.25) is 0 Å². The molecular weight excluding hydrogens is 148 g/mol. The largest absolute Gasteiger partial charge is 0.375 e. The van der Waals surface area contributed by atoms with Crippen molar-refractivity contribution in [3.63, 3.8) is 0 Å². The first-order valence-corrected chi connectivity index (χ1v) is 4.28. The standard InChI is InChI=1S/C10H16N2/c1-3-12(2)10-7-5-4-6-9(10)8-11/h4-7H,3,8,11H2,1-2H3. The van der Waals surface area contributed by atoms with Crippen molar-refractivity contribution < 1.29 is 0 Å². The normalized spacial score (nSPS) is 9.92. The molecule has 0 saturated carbocycles. The van der Waals surface area contributed by atoms with Crippen LogP contribution in [0.1, 0.15) is 12.5 Å². The predicted octanol–water partition coefficient (Wildman–Crippen LogP) is 1.60. The van der Waals surface area contributed by atoms with Crippen molar-refractivity contribution in [1.82, 2.24) is 0 Å². The molecule has 66 valence electrons. The Hall–Kier alpha value is -1.02. The van der Waals surface area contributed by atoms with Crippen LogP contribution in [0.25, 0.3) is 0 Å². The van der Waals surface area contributed by atoms with E-state index in [0.29, 0.717) is 6.54 Å². The Morgan fingerprint density at radius 2 is 2.00 bits per heavy atom. The average Bonchev–Trinajstić information content (AvgIpc) is 2.16. The van der Waals surface area contributed by atoms with Crippen LogP contribution in [0.5, 0.6) is 0 Å². The van der Waals surface area contributed by atoms with E-state index in [1.165, 1.54) is 11.3 Å². The second-order valence-electron chi connectivity index (χ2n) is 2.85. The summed E-state index contributed by atoms with van der Waals surface area (Å²) < 4.78 is 0. The molecule has 0 bridgehead atoms. The molecule has 2 nitrogen and oxygen atoms in total. The van der Waals surface area contributed by atoms with Gasteiger partial charge in [0.25, 0.3) is 0 Å². The minimum absolute atomic E-state index is 0.612. The molecule has 12 heavy (non-hydrogen) atoms. The highest BCUT2D eigenvalue weighted by Crippen LogP contribution is 2.17. The molecule has 2 N–H and O–H groups in total. The maximum atomic E-state index is 5.62. The Morgan fingerprint density at radius 1 is 1.33 bits per heavy atom. The van der Waals surface area contributed by atoms with Crippen molar-refractivity contribution in [2.24, 2.45) is 5.73 Å². The van der Waals surface area contributed by atoms with Crippen LogP contribution in [0, 0.1) is 0 Å². The van der Waals surface area contributed by atoms with Gasteiger partial charge in [-0.1, -0.05) is 18.2 Å². The number of nitrogens with zero attached hydrogens (tertiary/aromatic N) is 1. The quantitative estimate of drug-likeness (QED) is 0.735. The van der Waals surface area contributed by atoms with E-state index in [-0.39, 0.29) is 0 Å². The van der Waals surface area contributed by atoms with E-state index in [0.717, 1.165) is 6.54 Å². The molecule has 0 amide bonds. The van der Waals surface area contributed by atoms with Crippen molar-refractivity contribution in [3.8, 4) is 0 Å². The van der Waals surface area contributed by atoms with E-state index in [1.54, 1.807) is 0 Å². The van der Waals surface area contributed by atoms with Crippen LogP contribution in [0.15, 0.2) is 24.3 Å². The van der Waals surface area contributed by atoms with Crippen LogP contribution in [-0.4, -0.2) is 13.6 Å². The number of para-hydroxylation sites is 1. The van der Waals surface area contributed by atoms with Gasteiger partial charge in [0.15, 0.2) is 0 Å². The first-order chi connectivity index (χ1) is 5.79. The maximum Gasteiger partial charge on any atom is 0.0409 e. The molecule has 1 rings (SSSR count). The van der Waals surface area contributed by atoms with E-state index in [1.807, 2.05) is 12.1 Å². The first kappa shape index (κ1) is 9.07. The summed E-state index contributed by atoms with van der Waals surface area (Å²) in [5.74, 6) is 0. The molecule has 0 heterocycles. The molecule has 0 saturated heterocycles. The predicted molar refractivity (Wildman–Crippen MR) is 53.3 cm³/mol. The van der Waals surface area contributed by atoms with Gasteiger partial charge in [-0.25, -0.2) is 0 Å². The van der Waals surface area contributed by atoms with Gasteiger partial charge < -0.3 is 10.6 Å². The minimum atomic E-state index is 0.612. The number of hydrogen-bond donors (Lipinski definition) is 1. The lowest BCUT2D eigenvalue weighted by atomic mass is 10.1. The molecule has 0 aliphatic carbocycles. The lowest BCUT2D eigenvalue weighted by molar-refractivity contribution is 0.941. The summed E-state index contributed by atoms with van der Waals surface area (Å²) >= 11 is 0. The Labute approximate surface area is 74.0 Å². The fraction of sp³-hybridized carbons (Fsp3) is 0.400. The topological polar surface area (TPSA) is 29.3 Å². The van der Waals surface area contributed by atoms with E-state index in [9.17, 15) is 0 Å². The van der Waals surface area contributed by atoms with Gasteiger partial charge in [-0.3, -0.25) is 0 Å². The maximum absolute atomic E-state index is 5.62. The molecule has 0 spiro atoms. The zero-order valence-corrected chi connectivity index (χ0v) is 7.75. The third-order valence-corrected chi connectivity index (χ3v) is 2.10. The highest BCUT2D eigenvalue weighted by atomic mass is 15.1. The fourth-order valence-corrected chi connectivity index (χ4v) is 1.23. The van der Waals surface area contributed by atoms with Crippen molar-refractivity contribution in [1.29, 1.82) is 0 Å². The zero-order chi connectivity index (χ0) is 8.97. The van der Waals surface area contributed by atoms with Crippen LogP contribution in [0.4, 0.5) is 5.69 Å². The molecule has 0 aliphatic heterocycles. The number of nitrogens with two attached hydrogens (primary N) is 1. The second kappa shape index (κ2) is 4.12. The number of benzene rings is 1. The third-order valence-electron chi connectivity index (χ3n) is 2.10. The van der Waals surface area contributed by atoms with Crippen molar-refractivity contribution in [2.45, 2.75) is 13.5 Å². The summed E-state index contributed by atoms with van der Waals surface area (Å²) in [6.07, 6.45) is 0. The molecular formula is C10H16N2. The van der Waals surface area contributed by atoms with Gasteiger partial charge in [-0.2, -0.15) is 0 Å². The average molecular weight is 164 g/mol. The van der Waals surface area contributed by atoms with Gasteiger partial charge in [-0.05, 0) is 18.6 Å². The lowest BCUT2D eigenvalue weighted by Crippen LogP contribution is -2.18. The van der Waals surface area contributed by atoms with Gasteiger partial charge in [-0.15, -0.1) is 0 Å². The molecule has 1 aromatic carbocycles. The molecule has 2 heteroatoms. The molecule has 0 aliphatic rings. The molecule has 0 radical (unpaired) electrons. The minimum Gasteiger partial charge on any atom is -0.375 e. The van der Waals surface area contributed by atoms with Crippen molar-refractivity contribution >= 4 is 5.69 Å². The summed E-state index contributed by atoms with van der Waals surface area (Å²) in [6, 6.07) is 8.24. The first-order valence-electron chi connectivity index (χ1n) is 4.28. The molecule has 0 unspecified atom stereocenters. The lowest BCUT2D eigenvalue weighted by Gasteiger charge is -2.19. The zero-order valence-electron chi connectivity index (χ0n) is 7.75. The van der Waals surface area contributed by atoms with Crippen LogP contribution in [-0.2, 0) is 6.54 Å². The summed E-state index contributed by atoms with van der Waals surface area (Å²) in [6.45, 7) is 3.75. The Morgan fingerprint density at radius 3 is 2.58 bits per heavy atom. The Kier molecular flexibility index (Phi) is 3.11. The van der Waals surface area contributed by atoms with Crippen LogP contribution in [0.3, 0.4) is 0 Å². The smallest absolute Gasteiger partial charge is 0.0409 e. The van der Waals surface area contributed by atoms with Crippen LogP contribution in [0.2, 0.25) is 0 Å². The van der Waals surface area contributed by atoms with Gasteiger partial charge >= 0.3 is 0 Å². The third kappa shape index (κ3) is 1.77. The van der Waals surface area contributed by atoms with E-state index in [2.05, 4.69) is 31.0 Å². The Bertz CT molecular complexity index is 245. The van der Waals surface area contributed by atoms with E-state index < -0.39 is 0 Å². The van der Waals surface area contributed by atoms with Crippen molar-refractivity contribution in [2.75, 3.05) is 18.5 Å². The molecule has 1 aromatic rings. The Balaban J connectivity index is 2.96. The summed E-state index contributed by atoms with van der Waals surface area (Å²) in [5, 5.41) is 0. The molecule has 0 atom stereocenters. The number of anilines is 1. The number of hydrogen-bond acceptors (Lipinski definition) is 2. The van der Waals surface area contributed by atoms with Gasteiger partial charge in [0, 0.05) is 25.8 Å². The summed E-state index contributed by atoms with van der Waals surface area (Å²) in [4.78, 5) is 2.20. The summed E-state index contributed by atoms with van der Waals surface area (Å²) in [5.41, 5.74) is 8.06. The summed E-state index contributed by atoms with van der Waals surface area (Å²) in [7, 11) is 2.08. The van der Waals surface area contributed by atoms with Gasteiger partial charge in [0.1, 0.15) is 0 Å². The van der Waals surface area contributed by atoms with Crippen LogP contribution >= 0.6 is 0 Å². The molecule has 0 fully saturated rings. The fourth-order valence-electron chi connectivity index (χ4n) is 1.23. The van der Waals surface area contributed by atoms with Crippen molar-refractivity contribution in [3.05, 3.63) is 29.8 Å². The highest BCUT2D eigenvalue weighted by Gasteiger charge is 2.01.